The van der Waals surface area contributed by atoms with Gasteiger partial charge in [-0.15, -0.1) is 0 Å². The molecule has 2 aromatic carbocycles. The van der Waals surface area contributed by atoms with Crippen molar-refractivity contribution in [3.05, 3.63) is 65.5 Å². The van der Waals surface area contributed by atoms with Gasteiger partial charge >= 0.3 is 6.09 Å². The lowest BCUT2D eigenvalue weighted by molar-refractivity contribution is -0.135. The van der Waals surface area contributed by atoms with E-state index >= 15 is 0 Å². The molecule has 1 saturated carbocycles. The number of ketones is 1. The lowest BCUT2D eigenvalue weighted by atomic mass is 10.0. The van der Waals surface area contributed by atoms with Crippen molar-refractivity contribution in [2.45, 2.75) is 31.7 Å². The van der Waals surface area contributed by atoms with Crippen molar-refractivity contribution < 1.29 is 28.6 Å². The molecule has 8 nitrogen and oxygen atoms in total. The van der Waals surface area contributed by atoms with Crippen LogP contribution in [0.15, 0.2) is 48.5 Å². The standard InChI is InChI=1S/C27H32FN3O5/c28-22-8-2-19(3-9-22)18-24(29-27(34)35)26(33)31-15-13-30(14-16-31)12-1-17-36-23-10-6-21(7-11-23)25(32)20-4-5-20/h2-3,6-11,20,24,29H,1,4-5,12-18H2,(H,34,35)/t24-/m1/s1. The zero-order valence-corrected chi connectivity index (χ0v) is 20.2. The van der Waals surface area contributed by atoms with Crippen LogP contribution in [0.3, 0.4) is 0 Å². The molecule has 2 N–H and O–H groups in total. The predicted molar refractivity (Wildman–Crippen MR) is 132 cm³/mol. The second kappa shape index (κ2) is 12.0. The van der Waals surface area contributed by atoms with E-state index in [1.807, 2.05) is 24.3 Å². The highest BCUT2D eigenvalue weighted by atomic mass is 19.1. The topological polar surface area (TPSA) is 99.2 Å². The van der Waals surface area contributed by atoms with Crippen molar-refractivity contribution in [3.63, 3.8) is 0 Å². The Labute approximate surface area is 210 Å². The minimum atomic E-state index is -1.27. The molecule has 0 unspecified atom stereocenters. The highest BCUT2D eigenvalue weighted by Gasteiger charge is 2.30. The summed E-state index contributed by atoms with van der Waals surface area (Å²) in [6.07, 6.45) is 1.71. The Morgan fingerprint density at radius 3 is 2.28 bits per heavy atom. The second-order valence-electron chi connectivity index (χ2n) is 9.36. The van der Waals surface area contributed by atoms with Gasteiger partial charge in [0.1, 0.15) is 17.6 Å². The third kappa shape index (κ3) is 7.27. The molecule has 2 aliphatic rings. The number of halogens is 1. The summed E-state index contributed by atoms with van der Waals surface area (Å²) in [4.78, 5) is 40.3. The number of nitrogens with one attached hydrogen (secondary N) is 1. The monoisotopic (exact) mass is 497 g/mol. The van der Waals surface area contributed by atoms with Crippen LogP contribution in [0.5, 0.6) is 5.75 Å². The Morgan fingerprint density at radius 1 is 1.00 bits per heavy atom. The summed E-state index contributed by atoms with van der Waals surface area (Å²) < 4.78 is 19.0. The number of Topliss-reactive ketones (excluding diaryl/α,β-unsaturated/α-hetero) is 1. The van der Waals surface area contributed by atoms with Crippen molar-refractivity contribution >= 4 is 17.8 Å². The van der Waals surface area contributed by atoms with Gasteiger partial charge in [0.2, 0.25) is 5.91 Å². The number of benzene rings is 2. The molecule has 2 aromatic rings. The van der Waals surface area contributed by atoms with Gasteiger partial charge in [-0.1, -0.05) is 12.1 Å². The number of carbonyl (C=O) groups excluding carboxylic acids is 2. The molecule has 1 atom stereocenters. The van der Waals surface area contributed by atoms with E-state index in [4.69, 9.17) is 4.74 Å². The normalized spacial score (nSPS) is 16.9. The maximum absolute atomic E-state index is 13.2. The van der Waals surface area contributed by atoms with Crippen LogP contribution >= 0.6 is 0 Å². The van der Waals surface area contributed by atoms with Crippen LogP contribution in [0.4, 0.5) is 9.18 Å². The molecule has 1 aliphatic carbocycles. The Morgan fingerprint density at radius 2 is 1.67 bits per heavy atom. The van der Waals surface area contributed by atoms with Crippen LogP contribution in [-0.2, 0) is 11.2 Å². The first-order valence-electron chi connectivity index (χ1n) is 12.4. The SMILES string of the molecule is O=C(O)N[C@H](Cc1ccc(F)cc1)C(=O)N1CCN(CCCOc2ccc(C(=O)C3CC3)cc2)CC1. The Balaban J connectivity index is 1.18. The van der Waals surface area contributed by atoms with Crippen LogP contribution in [0, 0.1) is 11.7 Å². The number of rotatable bonds is 11. The van der Waals surface area contributed by atoms with E-state index in [2.05, 4.69) is 10.2 Å². The molecule has 4 rings (SSSR count). The van der Waals surface area contributed by atoms with Crippen LogP contribution in [0.2, 0.25) is 0 Å². The summed E-state index contributed by atoms with van der Waals surface area (Å²) in [5.41, 5.74) is 1.43. The van der Waals surface area contributed by atoms with Crippen molar-refractivity contribution in [2.24, 2.45) is 5.92 Å². The van der Waals surface area contributed by atoms with E-state index in [1.54, 1.807) is 17.0 Å². The van der Waals surface area contributed by atoms with E-state index in [9.17, 15) is 23.9 Å². The van der Waals surface area contributed by atoms with E-state index in [1.165, 1.54) is 12.1 Å². The minimum absolute atomic E-state index is 0.165. The average molecular weight is 498 g/mol. The third-order valence-electron chi connectivity index (χ3n) is 6.61. The van der Waals surface area contributed by atoms with Crippen molar-refractivity contribution in [2.75, 3.05) is 39.3 Å². The van der Waals surface area contributed by atoms with Crippen LogP contribution < -0.4 is 10.1 Å². The molecule has 2 fully saturated rings. The second-order valence-corrected chi connectivity index (χ2v) is 9.36. The van der Waals surface area contributed by atoms with Crippen LogP contribution in [-0.4, -0.2) is 78.1 Å². The van der Waals surface area contributed by atoms with Gasteiger partial charge in [0.25, 0.3) is 0 Å². The number of piperazine rings is 1. The smallest absolute Gasteiger partial charge is 0.405 e. The summed E-state index contributed by atoms with van der Waals surface area (Å²) in [6, 6.07) is 12.1. The van der Waals surface area contributed by atoms with Gasteiger partial charge in [0.05, 0.1) is 6.61 Å². The number of carboxylic acid groups (broad SMARTS) is 1. The molecule has 0 aromatic heterocycles. The fourth-order valence-electron chi connectivity index (χ4n) is 4.39. The van der Waals surface area contributed by atoms with Crippen LogP contribution in [0.1, 0.15) is 35.2 Å². The summed E-state index contributed by atoms with van der Waals surface area (Å²) >= 11 is 0. The number of carbonyl (C=O) groups is 3. The van der Waals surface area contributed by atoms with Crippen LogP contribution in [0.25, 0.3) is 0 Å². The lowest BCUT2D eigenvalue weighted by Gasteiger charge is -2.36. The minimum Gasteiger partial charge on any atom is -0.494 e. The molecule has 2 amide bonds. The van der Waals surface area contributed by atoms with Gasteiger partial charge in [-0.3, -0.25) is 14.5 Å². The molecule has 1 saturated heterocycles. The molecule has 1 heterocycles. The lowest BCUT2D eigenvalue weighted by Crippen LogP contribution is -2.55. The van der Waals surface area contributed by atoms with Gasteiger partial charge in [0.15, 0.2) is 5.78 Å². The quantitative estimate of drug-likeness (QED) is 0.365. The first kappa shape index (κ1) is 25.6. The zero-order valence-electron chi connectivity index (χ0n) is 20.2. The first-order valence-corrected chi connectivity index (χ1v) is 12.4. The highest BCUT2D eigenvalue weighted by molar-refractivity contribution is 5.99. The van der Waals surface area contributed by atoms with E-state index < -0.39 is 12.1 Å². The molecule has 1 aliphatic heterocycles. The number of hydrogen-bond acceptors (Lipinski definition) is 5. The largest absolute Gasteiger partial charge is 0.494 e. The Bertz CT molecular complexity index is 1050. The maximum atomic E-state index is 13.2. The third-order valence-corrected chi connectivity index (χ3v) is 6.61. The van der Waals surface area contributed by atoms with Crippen molar-refractivity contribution in [3.8, 4) is 5.75 Å². The van der Waals surface area contributed by atoms with E-state index in [-0.39, 0.29) is 29.8 Å². The molecule has 9 heteroatoms. The number of ether oxygens (including phenoxy) is 1. The predicted octanol–water partition coefficient (Wildman–Crippen LogP) is 3.21. The first-order chi connectivity index (χ1) is 17.4. The van der Waals surface area contributed by atoms with Gasteiger partial charge in [-0.2, -0.15) is 0 Å². The fraction of sp³-hybridized carbons (Fsp3) is 0.444. The molecule has 0 spiro atoms. The average Bonchev–Trinajstić information content (AvgIpc) is 3.73. The fourth-order valence-corrected chi connectivity index (χ4v) is 4.39. The molecule has 0 radical (unpaired) electrons. The van der Waals surface area contributed by atoms with Gasteiger partial charge in [-0.05, 0) is 61.2 Å². The van der Waals surface area contributed by atoms with Gasteiger partial charge in [0, 0.05) is 50.6 Å². The van der Waals surface area contributed by atoms with Crippen molar-refractivity contribution in [1.82, 2.24) is 15.1 Å². The molecule has 192 valence electrons. The van der Waals surface area contributed by atoms with Crippen molar-refractivity contribution in [1.29, 1.82) is 0 Å². The summed E-state index contributed by atoms with van der Waals surface area (Å²) in [5.74, 6) is 0.526. The highest BCUT2D eigenvalue weighted by Crippen LogP contribution is 2.32. The van der Waals surface area contributed by atoms with Gasteiger partial charge < -0.3 is 20.1 Å². The molecule has 0 bridgehead atoms. The Kier molecular flexibility index (Phi) is 8.53. The maximum Gasteiger partial charge on any atom is 0.405 e. The van der Waals surface area contributed by atoms with E-state index in [0.29, 0.717) is 38.3 Å². The number of nitrogens with zero attached hydrogens (tertiary/aromatic N) is 2. The van der Waals surface area contributed by atoms with E-state index in [0.717, 1.165) is 37.1 Å². The Hall–Kier alpha value is -3.46. The summed E-state index contributed by atoms with van der Waals surface area (Å²) in [6.45, 7) is 3.79. The summed E-state index contributed by atoms with van der Waals surface area (Å²) in [7, 11) is 0. The molecular weight excluding hydrogens is 465 g/mol. The zero-order chi connectivity index (χ0) is 25.5. The number of hydrogen-bond donors (Lipinski definition) is 2. The molecular formula is C27H32FN3O5. The van der Waals surface area contributed by atoms with Gasteiger partial charge in [-0.25, -0.2) is 9.18 Å². The molecule has 36 heavy (non-hydrogen) atoms. The summed E-state index contributed by atoms with van der Waals surface area (Å²) in [5, 5.41) is 11.5. The number of amides is 2.